The molecule has 1 amide bonds. The third kappa shape index (κ3) is 5.95. The van der Waals surface area contributed by atoms with Crippen LogP contribution in [0.4, 0.5) is 0 Å². The predicted octanol–water partition coefficient (Wildman–Crippen LogP) is -0.273. The number of hydrogen-bond acceptors (Lipinski definition) is 4. The van der Waals surface area contributed by atoms with Crippen molar-refractivity contribution in [3.63, 3.8) is 0 Å². The Bertz CT molecular complexity index is 757. The van der Waals surface area contributed by atoms with Crippen LogP contribution in [0, 0.1) is 5.92 Å². The molecular formula is C18H27N4O3+. The van der Waals surface area contributed by atoms with Gasteiger partial charge in [-0.2, -0.15) is 0 Å². The highest BCUT2D eigenvalue weighted by atomic mass is 16.5. The summed E-state index contributed by atoms with van der Waals surface area (Å²) in [6, 6.07) is 7.24. The van der Waals surface area contributed by atoms with Crippen molar-refractivity contribution in [2.24, 2.45) is 5.92 Å². The highest BCUT2D eigenvalue weighted by Crippen LogP contribution is 2.04. The average molecular weight is 347 g/mol. The summed E-state index contributed by atoms with van der Waals surface area (Å²) < 4.78 is 5.14. The fraction of sp³-hybridized carbons (Fsp3) is 0.500. The van der Waals surface area contributed by atoms with E-state index in [1.807, 2.05) is 18.2 Å². The van der Waals surface area contributed by atoms with Gasteiger partial charge in [-0.15, -0.1) is 0 Å². The fourth-order valence-corrected chi connectivity index (χ4v) is 2.55. The van der Waals surface area contributed by atoms with Crippen LogP contribution >= 0.6 is 0 Å². The van der Waals surface area contributed by atoms with Crippen LogP contribution in [0.1, 0.15) is 19.7 Å². The summed E-state index contributed by atoms with van der Waals surface area (Å²) in [7, 11) is 1.63. The Morgan fingerprint density at radius 3 is 2.84 bits per heavy atom. The molecule has 0 saturated carbocycles. The number of nitrogens with one attached hydrogen (secondary N) is 3. The highest BCUT2D eigenvalue weighted by molar-refractivity contribution is 5.77. The molecule has 0 bridgehead atoms. The lowest BCUT2D eigenvalue weighted by molar-refractivity contribution is -0.906. The summed E-state index contributed by atoms with van der Waals surface area (Å²) >= 11 is 0. The molecule has 0 saturated heterocycles. The SMILES string of the molecule is COCC[NH+](CC(=O)NCC(C)C)Cc1nc2ccccc2c(=O)[nH]1. The minimum Gasteiger partial charge on any atom is -0.379 e. The number of nitrogens with zero attached hydrogens (tertiary/aromatic N) is 1. The molecule has 2 aromatic rings. The van der Waals surface area contributed by atoms with Crippen LogP contribution in [0.25, 0.3) is 10.9 Å². The number of hydrogen-bond donors (Lipinski definition) is 3. The maximum atomic E-state index is 12.2. The van der Waals surface area contributed by atoms with Crippen LogP contribution in [-0.4, -0.2) is 49.2 Å². The van der Waals surface area contributed by atoms with Gasteiger partial charge in [0.2, 0.25) is 0 Å². The first-order valence-corrected chi connectivity index (χ1v) is 8.56. The Hall–Kier alpha value is -2.25. The molecule has 1 unspecified atom stereocenters. The molecule has 1 aromatic heterocycles. The Balaban J connectivity index is 2.10. The van der Waals surface area contributed by atoms with Gasteiger partial charge < -0.3 is 19.9 Å². The maximum absolute atomic E-state index is 12.2. The van der Waals surface area contributed by atoms with Gasteiger partial charge in [-0.25, -0.2) is 4.98 Å². The number of ether oxygens (including phenoxy) is 1. The van der Waals surface area contributed by atoms with Crippen LogP contribution < -0.4 is 15.8 Å². The smallest absolute Gasteiger partial charge is 0.275 e. The van der Waals surface area contributed by atoms with Crippen molar-refractivity contribution in [3.8, 4) is 0 Å². The van der Waals surface area contributed by atoms with Gasteiger partial charge in [0, 0.05) is 13.7 Å². The molecule has 0 aliphatic heterocycles. The predicted molar refractivity (Wildman–Crippen MR) is 96.5 cm³/mol. The second-order valence-corrected chi connectivity index (χ2v) is 6.57. The van der Waals surface area contributed by atoms with Gasteiger partial charge in [0.1, 0.15) is 13.1 Å². The zero-order valence-corrected chi connectivity index (χ0v) is 15.1. The minimum absolute atomic E-state index is 0.0112. The summed E-state index contributed by atoms with van der Waals surface area (Å²) in [6.45, 7) is 6.72. The summed E-state index contributed by atoms with van der Waals surface area (Å²) in [5.74, 6) is 0.972. The quantitative estimate of drug-likeness (QED) is 0.582. The number of amides is 1. The van der Waals surface area contributed by atoms with E-state index in [0.29, 0.717) is 55.4 Å². The lowest BCUT2D eigenvalue weighted by Crippen LogP contribution is -3.12. The van der Waals surface area contributed by atoms with Crippen LogP contribution in [0.15, 0.2) is 29.1 Å². The number of carbonyl (C=O) groups is 1. The van der Waals surface area contributed by atoms with Crippen molar-refractivity contribution in [2.45, 2.75) is 20.4 Å². The molecule has 0 fully saturated rings. The largest absolute Gasteiger partial charge is 0.379 e. The second kappa shape index (κ2) is 9.29. The molecule has 7 nitrogen and oxygen atoms in total. The van der Waals surface area contributed by atoms with Crippen molar-refractivity contribution in [2.75, 3.05) is 33.4 Å². The number of quaternary nitrogens is 1. The number of H-pyrrole nitrogens is 1. The number of aromatic amines is 1. The number of aromatic nitrogens is 2. The van der Waals surface area contributed by atoms with E-state index in [4.69, 9.17) is 4.74 Å². The molecule has 3 N–H and O–H groups in total. The van der Waals surface area contributed by atoms with Gasteiger partial charge in [-0.1, -0.05) is 26.0 Å². The van der Waals surface area contributed by atoms with Gasteiger partial charge in [-0.05, 0) is 18.1 Å². The topological polar surface area (TPSA) is 88.5 Å². The van der Waals surface area contributed by atoms with E-state index in [2.05, 4.69) is 29.1 Å². The molecule has 25 heavy (non-hydrogen) atoms. The Morgan fingerprint density at radius 2 is 2.12 bits per heavy atom. The van der Waals surface area contributed by atoms with Gasteiger partial charge in [0.15, 0.2) is 12.4 Å². The first-order chi connectivity index (χ1) is 12.0. The number of rotatable bonds is 9. The zero-order valence-electron chi connectivity index (χ0n) is 15.1. The van der Waals surface area contributed by atoms with Crippen LogP contribution in [0.3, 0.4) is 0 Å². The summed E-state index contributed by atoms with van der Waals surface area (Å²) in [5, 5.41) is 3.49. The van der Waals surface area contributed by atoms with Gasteiger partial charge in [0.25, 0.3) is 11.5 Å². The van der Waals surface area contributed by atoms with Crippen LogP contribution in [0.5, 0.6) is 0 Å². The molecule has 136 valence electrons. The Labute approximate surface area is 147 Å². The number of para-hydroxylation sites is 1. The third-order valence-corrected chi connectivity index (χ3v) is 3.86. The third-order valence-electron chi connectivity index (χ3n) is 3.86. The summed E-state index contributed by atoms with van der Waals surface area (Å²) in [4.78, 5) is 32.6. The van der Waals surface area contributed by atoms with Crippen molar-refractivity contribution in [3.05, 3.63) is 40.4 Å². The number of fused-ring (bicyclic) bond motifs is 1. The standard InChI is InChI=1S/C18H26N4O3/c1-13(2)10-19-17(23)12-22(8-9-25-3)11-16-20-15-7-5-4-6-14(15)18(24)21-16/h4-7,13H,8-12H2,1-3H3,(H,19,23)(H,20,21,24)/p+1. The van der Waals surface area contributed by atoms with Crippen molar-refractivity contribution in [1.82, 2.24) is 15.3 Å². The Kier molecular flexibility index (Phi) is 7.09. The van der Waals surface area contributed by atoms with Crippen LogP contribution in [-0.2, 0) is 16.1 Å². The Morgan fingerprint density at radius 1 is 1.36 bits per heavy atom. The molecule has 1 aromatic carbocycles. The van der Waals surface area contributed by atoms with E-state index >= 15 is 0 Å². The average Bonchev–Trinajstić information content (AvgIpc) is 2.58. The molecule has 2 rings (SSSR count). The number of carbonyl (C=O) groups excluding carboxylic acids is 1. The van der Waals surface area contributed by atoms with Crippen molar-refractivity contribution < 1.29 is 14.4 Å². The second-order valence-electron chi connectivity index (χ2n) is 6.57. The van der Waals surface area contributed by atoms with E-state index in [1.165, 1.54) is 0 Å². The first kappa shape index (κ1) is 19.1. The minimum atomic E-state index is -0.157. The normalized spacial score (nSPS) is 12.5. The number of benzene rings is 1. The number of methoxy groups -OCH3 is 1. The molecule has 0 spiro atoms. The highest BCUT2D eigenvalue weighted by Gasteiger charge is 2.17. The van der Waals surface area contributed by atoms with E-state index in [-0.39, 0.29) is 11.5 Å². The molecule has 0 aliphatic carbocycles. The molecule has 0 radical (unpaired) electrons. The van der Waals surface area contributed by atoms with Gasteiger partial charge >= 0.3 is 0 Å². The van der Waals surface area contributed by atoms with E-state index in [9.17, 15) is 9.59 Å². The molecular weight excluding hydrogens is 320 g/mol. The van der Waals surface area contributed by atoms with E-state index in [1.54, 1.807) is 13.2 Å². The first-order valence-electron chi connectivity index (χ1n) is 8.56. The summed E-state index contributed by atoms with van der Waals surface area (Å²) in [5.41, 5.74) is 0.507. The lowest BCUT2D eigenvalue weighted by Gasteiger charge is -2.18. The van der Waals surface area contributed by atoms with Crippen molar-refractivity contribution >= 4 is 16.8 Å². The van der Waals surface area contributed by atoms with E-state index in [0.717, 1.165) is 4.90 Å². The molecule has 0 aliphatic rings. The fourth-order valence-electron chi connectivity index (χ4n) is 2.55. The molecule has 1 atom stereocenters. The van der Waals surface area contributed by atoms with Gasteiger partial charge in [0.05, 0.1) is 17.5 Å². The monoisotopic (exact) mass is 347 g/mol. The van der Waals surface area contributed by atoms with Gasteiger partial charge in [-0.3, -0.25) is 9.59 Å². The van der Waals surface area contributed by atoms with Crippen LogP contribution in [0.2, 0.25) is 0 Å². The maximum Gasteiger partial charge on any atom is 0.275 e. The molecule has 1 heterocycles. The molecule has 7 heteroatoms. The zero-order chi connectivity index (χ0) is 18.2. The van der Waals surface area contributed by atoms with Crippen molar-refractivity contribution in [1.29, 1.82) is 0 Å². The lowest BCUT2D eigenvalue weighted by atomic mass is 10.2. The summed E-state index contributed by atoms with van der Waals surface area (Å²) in [6.07, 6.45) is 0. The van der Waals surface area contributed by atoms with E-state index < -0.39 is 0 Å².